The second-order valence-corrected chi connectivity index (χ2v) is 8.22. The van der Waals surface area contributed by atoms with Crippen LogP contribution in [0.15, 0.2) is 65.1 Å². The molecule has 1 saturated heterocycles. The highest BCUT2D eigenvalue weighted by Gasteiger charge is 2.20. The van der Waals surface area contributed by atoms with Crippen molar-refractivity contribution in [3.05, 3.63) is 86.6 Å². The molecule has 0 atom stereocenters. The van der Waals surface area contributed by atoms with Gasteiger partial charge in [-0.25, -0.2) is 0 Å². The largest absolute Gasteiger partial charge is 0.338 e. The number of nitrogens with zero attached hydrogens (tertiary/aromatic N) is 3. The van der Waals surface area contributed by atoms with Crippen LogP contribution in [0.1, 0.15) is 34.3 Å². The Labute approximate surface area is 177 Å². The van der Waals surface area contributed by atoms with Crippen molar-refractivity contribution < 1.29 is 9.59 Å². The van der Waals surface area contributed by atoms with E-state index in [2.05, 4.69) is 4.99 Å². The fourth-order valence-electron chi connectivity index (χ4n) is 3.36. The van der Waals surface area contributed by atoms with Crippen molar-refractivity contribution in [2.24, 2.45) is 4.99 Å². The maximum absolute atomic E-state index is 12.8. The smallest absolute Gasteiger partial charge is 0.279 e. The monoisotopic (exact) mass is 425 g/mol. The minimum Gasteiger partial charge on any atom is -0.338 e. The molecule has 29 heavy (non-hydrogen) atoms. The van der Waals surface area contributed by atoms with Gasteiger partial charge in [0.2, 0.25) is 5.91 Å². The molecule has 0 saturated carbocycles. The minimum absolute atomic E-state index is 0.172. The predicted octanol–water partition coefficient (Wildman–Crippen LogP) is 4.11. The van der Waals surface area contributed by atoms with Crippen LogP contribution >= 0.6 is 22.9 Å². The number of carbonyl (C=O) groups excluding carboxylic acids is 2. The van der Waals surface area contributed by atoms with E-state index in [0.29, 0.717) is 34.9 Å². The summed E-state index contributed by atoms with van der Waals surface area (Å²) in [5.74, 6) is -0.124. The van der Waals surface area contributed by atoms with E-state index in [9.17, 15) is 9.59 Å². The molecule has 2 aromatic carbocycles. The van der Waals surface area contributed by atoms with E-state index in [0.717, 1.165) is 24.1 Å². The van der Waals surface area contributed by atoms with Crippen LogP contribution in [0, 0.1) is 0 Å². The molecule has 1 aliphatic rings. The van der Waals surface area contributed by atoms with E-state index in [1.54, 1.807) is 6.07 Å². The van der Waals surface area contributed by atoms with Crippen molar-refractivity contribution in [2.45, 2.75) is 25.9 Å². The van der Waals surface area contributed by atoms with E-state index < -0.39 is 0 Å². The standard InChI is InChI=1S/C22H20ClN3O2S/c23-19-8-2-1-6-18(19)15-26-11-12-29-22(26)24-21(28)17-7-3-5-16(13-17)14-25-10-4-9-20(25)27/h1-3,5-8,11-13H,4,9-10,14-15H2. The molecular formula is C22H20ClN3O2S. The van der Waals surface area contributed by atoms with Crippen LogP contribution in [-0.2, 0) is 17.9 Å². The maximum atomic E-state index is 12.8. The number of amides is 2. The van der Waals surface area contributed by atoms with Crippen LogP contribution in [0.5, 0.6) is 0 Å². The maximum Gasteiger partial charge on any atom is 0.279 e. The molecule has 1 aliphatic heterocycles. The second-order valence-electron chi connectivity index (χ2n) is 6.94. The Kier molecular flexibility index (Phi) is 5.92. The highest BCUT2D eigenvalue weighted by molar-refractivity contribution is 7.07. The van der Waals surface area contributed by atoms with E-state index >= 15 is 0 Å². The number of thiazole rings is 1. The third kappa shape index (κ3) is 4.66. The highest BCUT2D eigenvalue weighted by atomic mass is 35.5. The molecule has 0 aliphatic carbocycles. The van der Waals surface area contributed by atoms with Crippen molar-refractivity contribution in [3.63, 3.8) is 0 Å². The molecular weight excluding hydrogens is 406 g/mol. The first-order valence-corrected chi connectivity index (χ1v) is 10.7. The third-order valence-corrected chi connectivity index (χ3v) is 6.04. The van der Waals surface area contributed by atoms with Gasteiger partial charge in [-0.05, 0) is 35.7 Å². The molecule has 0 radical (unpaired) electrons. The molecule has 0 spiro atoms. The van der Waals surface area contributed by atoms with Crippen molar-refractivity contribution in [3.8, 4) is 0 Å². The first-order valence-electron chi connectivity index (χ1n) is 9.43. The molecule has 0 bridgehead atoms. The lowest BCUT2D eigenvalue weighted by Crippen LogP contribution is -2.24. The van der Waals surface area contributed by atoms with Crippen molar-refractivity contribution in [1.82, 2.24) is 9.47 Å². The SMILES string of the molecule is O=C(N=c1sccn1Cc1ccccc1Cl)c1cccc(CN2CCCC2=O)c1. The van der Waals surface area contributed by atoms with Gasteiger partial charge in [0.25, 0.3) is 5.91 Å². The quantitative estimate of drug-likeness (QED) is 0.617. The summed E-state index contributed by atoms with van der Waals surface area (Å²) < 4.78 is 1.91. The molecule has 0 N–H and O–H groups in total. The average molecular weight is 426 g/mol. The van der Waals surface area contributed by atoms with Crippen LogP contribution in [0.4, 0.5) is 0 Å². The summed E-state index contributed by atoms with van der Waals surface area (Å²) in [6.45, 7) is 1.86. The molecule has 2 amide bonds. The van der Waals surface area contributed by atoms with Crippen LogP contribution in [0.2, 0.25) is 5.02 Å². The lowest BCUT2D eigenvalue weighted by atomic mass is 10.1. The Hall–Kier alpha value is -2.70. The van der Waals surface area contributed by atoms with E-state index in [4.69, 9.17) is 11.6 Å². The van der Waals surface area contributed by atoms with Crippen LogP contribution < -0.4 is 4.80 Å². The summed E-state index contributed by atoms with van der Waals surface area (Å²) in [4.78, 5) is 31.4. The minimum atomic E-state index is -0.296. The van der Waals surface area contributed by atoms with Gasteiger partial charge in [-0.1, -0.05) is 41.9 Å². The molecule has 4 rings (SSSR count). The topological polar surface area (TPSA) is 54.7 Å². The molecule has 7 heteroatoms. The summed E-state index contributed by atoms with van der Waals surface area (Å²) >= 11 is 7.66. The summed E-state index contributed by atoms with van der Waals surface area (Å²) in [5.41, 5.74) is 2.43. The number of halogens is 1. The number of aromatic nitrogens is 1. The number of carbonyl (C=O) groups is 2. The Morgan fingerprint density at radius 3 is 2.79 bits per heavy atom. The van der Waals surface area contributed by atoms with Gasteiger partial charge < -0.3 is 9.47 Å². The molecule has 1 aromatic heterocycles. The first kappa shape index (κ1) is 19.6. The van der Waals surface area contributed by atoms with Crippen LogP contribution in [0.3, 0.4) is 0 Å². The van der Waals surface area contributed by atoms with Crippen molar-refractivity contribution >= 4 is 34.8 Å². The van der Waals surface area contributed by atoms with Crippen LogP contribution in [-0.4, -0.2) is 27.8 Å². The Bertz CT molecular complexity index is 1120. The second kappa shape index (κ2) is 8.76. The van der Waals surface area contributed by atoms with E-state index in [-0.39, 0.29) is 11.8 Å². The molecule has 2 heterocycles. The zero-order valence-electron chi connectivity index (χ0n) is 15.8. The number of hydrogen-bond donors (Lipinski definition) is 0. The zero-order chi connectivity index (χ0) is 20.2. The highest BCUT2D eigenvalue weighted by Crippen LogP contribution is 2.17. The normalized spacial score (nSPS) is 14.6. The molecule has 5 nitrogen and oxygen atoms in total. The lowest BCUT2D eigenvalue weighted by Gasteiger charge is -2.15. The van der Waals surface area contributed by atoms with Gasteiger partial charge in [0.05, 0.1) is 6.54 Å². The van der Waals surface area contributed by atoms with Crippen LogP contribution in [0.25, 0.3) is 0 Å². The molecule has 3 aromatic rings. The van der Waals surface area contributed by atoms with Crippen molar-refractivity contribution in [2.75, 3.05) is 6.54 Å². The first-order chi connectivity index (χ1) is 14.1. The van der Waals surface area contributed by atoms with E-state index in [1.807, 2.05) is 63.5 Å². The number of rotatable bonds is 5. The average Bonchev–Trinajstić information content (AvgIpc) is 3.33. The van der Waals surface area contributed by atoms with Gasteiger partial charge in [0, 0.05) is 41.7 Å². The number of hydrogen-bond acceptors (Lipinski definition) is 3. The zero-order valence-corrected chi connectivity index (χ0v) is 17.3. The van der Waals surface area contributed by atoms with Gasteiger partial charge in [-0.2, -0.15) is 4.99 Å². The summed E-state index contributed by atoms with van der Waals surface area (Å²) in [5, 5.41) is 2.59. The fraction of sp³-hybridized carbons (Fsp3) is 0.227. The van der Waals surface area contributed by atoms with Gasteiger partial charge >= 0.3 is 0 Å². The predicted molar refractivity (Wildman–Crippen MR) is 114 cm³/mol. The number of benzene rings is 2. The van der Waals surface area contributed by atoms with E-state index in [1.165, 1.54) is 11.3 Å². The molecule has 148 valence electrons. The van der Waals surface area contributed by atoms with Gasteiger partial charge in [0.1, 0.15) is 0 Å². The summed E-state index contributed by atoms with van der Waals surface area (Å²) in [6.07, 6.45) is 3.41. The molecule has 1 fully saturated rings. The third-order valence-electron chi connectivity index (χ3n) is 4.87. The van der Waals surface area contributed by atoms with Gasteiger partial charge in [-0.3, -0.25) is 9.59 Å². The fourth-order valence-corrected chi connectivity index (χ4v) is 4.28. The summed E-state index contributed by atoms with van der Waals surface area (Å²) in [7, 11) is 0. The van der Waals surface area contributed by atoms with Gasteiger partial charge in [-0.15, -0.1) is 11.3 Å². The Morgan fingerprint density at radius 2 is 2.00 bits per heavy atom. The van der Waals surface area contributed by atoms with Crippen molar-refractivity contribution in [1.29, 1.82) is 0 Å². The lowest BCUT2D eigenvalue weighted by molar-refractivity contribution is -0.128. The Balaban J connectivity index is 1.54. The number of likely N-dealkylation sites (tertiary alicyclic amines) is 1. The molecule has 0 unspecified atom stereocenters. The Morgan fingerprint density at radius 1 is 1.14 bits per heavy atom. The summed E-state index contributed by atoms with van der Waals surface area (Å²) in [6, 6.07) is 15.0. The van der Waals surface area contributed by atoms with Gasteiger partial charge in [0.15, 0.2) is 4.80 Å².